The lowest BCUT2D eigenvalue weighted by molar-refractivity contribution is -0.117. The number of benzene rings is 1. The molecule has 1 aliphatic rings. The number of hydrogen-bond acceptors (Lipinski definition) is 6. The lowest BCUT2D eigenvalue weighted by Crippen LogP contribution is -2.35. The van der Waals surface area contributed by atoms with Gasteiger partial charge in [0.25, 0.3) is 0 Å². The summed E-state index contributed by atoms with van der Waals surface area (Å²) in [4.78, 5) is 12.0. The number of hydrogen-bond donors (Lipinski definition) is 2. The van der Waals surface area contributed by atoms with Gasteiger partial charge in [0, 0.05) is 5.56 Å². The first-order valence-electron chi connectivity index (χ1n) is 6.78. The Morgan fingerprint density at radius 2 is 2.38 bits per heavy atom. The molecule has 1 aromatic carbocycles. The second-order valence-corrected chi connectivity index (χ2v) is 5.76. The molecule has 2 aromatic rings. The van der Waals surface area contributed by atoms with Crippen molar-refractivity contribution in [1.29, 1.82) is 0 Å². The number of ether oxygens (including phenoxy) is 1. The molecule has 21 heavy (non-hydrogen) atoms. The Hall–Kier alpha value is -1.99. The van der Waals surface area contributed by atoms with E-state index in [2.05, 4.69) is 20.8 Å². The second-order valence-electron chi connectivity index (χ2n) is 4.78. The largest absolute Gasteiger partial charge is 0.497 e. The zero-order chi connectivity index (χ0) is 14.7. The number of nitrogens with zero attached hydrogens (tertiary/aromatic N) is 2. The molecule has 2 N–H and O–H groups in total. The predicted octanol–water partition coefficient (Wildman–Crippen LogP) is 1.90. The molecule has 1 fully saturated rings. The number of carbonyl (C=O) groups excluding carboxylic acids is 1. The molecule has 1 amide bonds. The number of aromatic nitrogens is 2. The van der Waals surface area contributed by atoms with E-state index >= 15 is 0 Å². The van der Waals surface area contributed by atoms with Crippen molar-refractivity contribution in [3.8, 4) is 16.3 Å². The average Bonchev–Trinajstić information content (AvgIpc) is 3.18. The first-order chi connectivity index (χ1) is 10.3. The normalized spacial score (nSPS) is 17.7. The molecular formula is C14H16N4O2S. The Kier molecular flexibility index (Phi) is 4.12. The third kappa shape index (κ3) is 3.20. The van der Waals surface area contributed by atoms with Crippen molar-refractivity contribution in [2.24, 2.45) is 0 Å². The van der Waals surface area contributed by atoms with Gasteiger partial charge in [-0.05, 0) is 31.5 Å². The van der Waals surface area contributed by atoms with Gasteiger partial charge in [0.05, 0.1) is 13.2 Å². The molecule has 2 heterocycles. The number of rotatable bonds is 4. The van der Waals surface area contributed by atoms with Crippen LogP contribution < -0.4 is 15.4 Å². The van der Waals surface area contributed by atoms with Crippen LogP contribution in [0, 0.1) is 0 Å². The fourth-order valence-electron chi connectivity index (χ4n) is 2.25. The van der Waals surface area contributed by atoms with E-state index in [1.165, 1.54) is 11.3 Å². The Balaban J connectivity index is 1.72. The van der Waals surface area contributed by atoms with Gasteiger partial charge in [-0.15, -0.1) is 10.2 Å². The molecule has 1 aromatic heterocycles. The zero-order valence-corrected chi connectivity index (χ0v) is 12.4. The van der Waals surface area contributed by atoms with Crippen LogP contribution in [0.4, 0.5) is 5.13 Å². The topological polar surface area (TPSA) is 76.1 Å². The van der Waals surface area contributed by atoms with E-state index in [0.29, 0.717) is 5.13 Å². The second kappa shape index (κ2) is 6.19. The van der Waals surface area contributed by atoms with Crippen LogP contribution in [0.3, 0.4) is 0 Å². The van der Waals surface area contributed by atoms with Gasteiger partial charge in [-0.1, -0.05) is 23.5 Å². The molecular weight excluding hydrogens is 288 g/mol. The van der Waals surface area contributed by atoms with Gasteiger partial charge in [0.15, 0.2) is 0 Å². The maximum atomic E-state index is 12.0. The highest BCUT2D eigenvalue weighted by molar-refractivity contribution is 7.18. The van der Waals surface area contributed by atoms with Crippen molar-refractivity contribution in [3.05, 3.63) is 24.3 Å². The number of methoxy groups -OCH3 is 1. The van der Waals surface area contributed by atoms with Crippen LogP contribution in [0.2, 0.25) is 0 Å². The Morgan fingerprint density at radius 1 is 1.48 bits per heavy atom. The van der Waals surface area contributed by atoms with Gasteiger partial charge in [0.1, 0.15) is 10.8 Å². The van der Waals surface area contributed by atoms with Gasteiger partial charge in [-0.2, -0.15) is 0 Å². The molecule has 1 aliphatic heterocycles. The highest BCUT2D eigenvalue weighted by Crippen LogP contribution is 2.28. The van der Waals surface area contributed by atoms with Gasteiger partial charge in [0.2, 0.25) is 11.0 Å². The van der Waals surface area contributed by atoms with E-state index in [1.807, 2.05) is 24.3 Å². The first-order valence-corrected chi connectivity index (χ1v) is 7.60. The van der Waals surface area contributed by atoms with Crippen LogP contribution in [0.1, 0.15) is 12.8 Å². The lowest BCUT2D eigenvalue weighted by atomic mass is 10.2. The highest BCUT2D eigenvalue weighted by Gasteiger charge is 2.23. The number of anilines is 1. The van der Waals surface area contributed by atoms with Crippen molar-refractivity contribution in [2.45, 2.75) is 18.9 Å². The van der Waals surface area contributed by atoms with Gasteiger partial charge in [-0.25, -0.2) is 0 Å². The maximum absolute atomic E-state index is 12.0. The smallest absolute Gasteiger partial charge is 0.243 e. The fourth-order valence-corrected chi connectivity index (χ4v) is 2.99. The molecule has 1 saturated heterocycles. The molecule has 6 nitrogen and oxygen atoms in total. The van der Waals surface area contributed by atoms with E-state index in [0.717, 1.165) is 35.7 Å². The summed E-state index contributed by atoms with van der Waals surface area (Å²) in [6.07, 6.45) is 1.90. The van der Waals surface area contributed by atoms with Gasteiger partial charge < -0.3 is 10.1 Å². The summed E-state index contributed by atoms with van der Waals surface area (Å²) in [6.45, 7) is 0.892. The number of carbonyl (C=O) groups is 1. The average molecular weight is 304 g/mol. The standard InChI is InChI=1S/C14H16N4O2S/c1-20-10-5-2-4-9(8-10)13-17-18-14(21-13)16-12(19)11-6-3-7-15-11/h2,4-5,8,11,15H,3,6-7H2,1H3,(H,16,18,19). The van der Waals surface area contributed by atoms with Crippen LogP contribution in [0.25, 0.3) is 10.6 Å². The molecule has 1 atom stereocenters. The predicted molar refractivity (Wildman–Crippen MR) is 81.6 cm³/mol. The fraction of sp³-hybridized carbons (Fsp3) is 0.357. The minimum atomic E-state index is -0.117. The van der Waals surface area contributed by atoms with E-state index < -0.39 is 0 Å². The van der Waals surface area contributed by atoms with Crippen LogP contribution in [0.15, 0.2) is 24.3 Å². The summed E-state index contributed by atoms with van der Waals surface area (Å²) in [5.41, 5.74) is 0.923. The third-order valence-corrected chi connectivity index (χ3v) is 4.24. The third-order valence-electron chi connectivity index (χ3n) is 3.35. The van der Waals surface area contributed by atoms with E-state index in [4.69, 9.17) is 4.74 Å². The van der Waals surface area contributed by atoms with Crippen molar-refractivity contribution in [3.63, 3.8) is 0 Å². The minimum absolute atomic E-state index is 0.0409. The zero-order valence-electron chi connectivity index (χ0n) is 11.6. The Bertz CT molecular complexity index is 637. The molecule has 110 valence electrons. The summed E-state index contributed by atoms with van der Waals surface area (Å²) < 4.78 is 5.19. The Morgan fingerprint density at radius 3 is 3.14 bits per heavy atom. The van der Waals surface area contributed by atoms with Crippen LogP contribution in [-0.2, 0) is 4.79 Å². The first kappa shape index (κ1) is 14.0. The quantitative estimate of drug-likeness (QED) is 0.902. The van der Waals surface area contributed by atoms with E-state index in [-0.39, 0.29) is 11.9 Å². The molecule has 3 rings (SSSR count). The van der Waals surface area contributed by atoms with Crippen molar-refractivity contribution in [2.75, 3.05) is 19.0 Å². The minimum Gasteiger partial charge on any atom is -0.497 e. The SMILES string of the molecule is COc1cccc(-c2nnc(NC(=O)C3CCCN3)s2)c1. The van der Waals surface area contributed by atoms with E-state index in [9.17, 15) is 4.79 Å². The van der Waals surface area contributed by atoms with Crippen LogP contribution >= 0.6 is 11.3 Å². The summed E-state index contributed by atoms with van der Waals surface area (Å²) in [5.74, 6) is 0.726. The van der Waals surface area contributed by atoms with Gasteiger partial charge >= 0.3 is 0 Å². The Labute approximate surface area is 126 Å². The summed E-state index contributed by atoms with van der Waals surface area (Å²) in [5, 5.41) is 15.4. The maximum Gasteiger partial charge on any atom is 0.243 e. The molecule has 1 unspecified atom stereocenters. The molecule has 0 saturated carbocycles. The summed E-state index contributed by atoms with van der Waals surface area (Å²) in [6, 6.07) is 7.49. The molecule has 0 bridgehead atoms. The van der Waals surface area contributed by atoms with Crippen molar-refractivity contribution < 1.29 is 9.53 Å². The summed E-state index contributed by atoms with van der Waals surface area (Å²) >= 11 is 1.35. The van der Waals surface area contributed by atoms with Crippen molar-refractivity contribution >= 4 is 22.4 Å². The molecule has 0 radical (unpaired) electrons. The lowest BCUT2D eigenvalue weighted by Gasteiger charge is -2.07. The molecule has 7 heteroatoms. The number of amides is 1. The summed E-state index contributed by atoms with van der Waals surface area (Å²) in [7, 11) is 1.62. The van der Waals surface area contributed by atoms with Crippen LogP contribution in [-0.4, -0.2) is 35.8 Å². The molecule has 0 aliphatic carbocycles. The highest BCUT2D eigenvalue weighted by atomic mass is 32.1. The van der Waals surface area contributed by atoms with Crippen molar-refractivity contribution in [1.82, 2.24) is 15.5 Å². The monoisotopic (exact) mass is 304 g/mol. The van der Waals surface area contributed by atoms with Gasteiger partial charge in [-0.3, -0.25) is 10.1 Å². The van der Waals surface area contributed by atoms with Crippen LogP contribution in [0.5, 0.6) is 5.75 Å². The van der Waals surface area contributed by atoms with E-state index in [1.54, 1.807) is 7.11 Å². The number of nitrogens with one attached hydrogen (secondary N) is 2. The molecule has 0 spiro atoms.